The van der Waals surface area contributed by atoms with Gasteiger partial charge in [-0.1, -0.05) is 6.92 Å². The molecule has 84 valence electrons. The molecule has 0 saturated carbocycles. The molecule has 1 unspecified atom stereocenters. The maximum Gasteiger partial charge on any atom is 0.131 e. The van der Waals surface area contributed by atoms with Crippen molar-refractivity contribution in [2.24, 2.45) is 5.92 Å². The first-order chi connectivity index (χ1) is 7.13. The standard InChI is InChI=1S/C11H20N4/c1-9(7-12-3)8-15(4)11-5-6-13-10(2)14-11/h5-6,9,12H,7-8H2,1-4H3. The van der Waals surface area contributed by atoms with Gasteiger partial charge in [-0.25, -0.2) is 9.97 Å². The SMILES string of the molecule is CNCC(C)CN(C)c1ccnc(C)n1. The van der Waals surface area contributed by atoms with Crippen molar-refractivity contribution in [3.63, 3.8) is 0 Å². The Morgan fingerprint density at radius 3 is 2.87 bits per heavy atom. The zero-order valence-corrected chi connectivity index (χ0v) is 9.99. The first-order valence-corrected chi connectivity index (χ1v) is 5.29. The van der Waals surface area contributed by atoms with E-state index in [1.165, 1.54) is 0 Å². The third-order valence-electron chi connectivity index (χ3n) is 2.29. The van der Waals surface area contributed by atoms with Crippen molar-refractivity contribution in [2.75, 3.05) is 32.1 Å². The van der Waals surface area contributed by atoms with E-state index in [0.29, 0.717) is 5.92 Å². The highest BCUT2D eigenvalue weighted by Crippen LogP contribution is 2.09. The van der Waals surface area contributed by atoms with E-state index in [0.717, 1.165) is 24.7 Å². The molecule has 1 aromatic heterocycles. The Morgan fingerprint density at radius 1 is 1.53 bits per heavy atom. The Bertz CT molecular complexity index is 300. The van der Waals surface area contributed by atoms with Crippen molar-refractivity contribution in [1.29, 1.82) is 0 Å². The predicted octanol–water partition coefficient (Wildman–Crippen LogP) is 1.08. The molecule has 1 atom stereocenters. The Morgan fingerprint density at radius 2 is 2.27 bits per heavy atom. The fourth-order valence-electron chi connectivity index (χ4n) is 1.63. The van der Waals surface area contributed by atoms with Crippen LogP contribution in [0.5, 0.6) is 0 Å². The van der Waals surface area contributed by atoms with Gasteiger partial charge < -0.3 is 10.2 Å². The van der Waals surface area contributed by atoms with Gasteiger partial charge in [-0.3, -0.25) is 0 Å². The molecular weight excluding hydrogens is 188 g/mol. The molecule has 15 heavy (non-hydrogen) atoms. The molecule has 0 fully saturated rings. The second-order valence-electron chi connectivity index (χ2n) is 4.01. The number of aryl methyl sites for hydroxylation is 1. The van der Waals surface area contributed by atoms with Gasteiger partial charge in [0, 0.05) is 19.8 Å². The Labute approximate surface area is 91.7 Å². The van der Waals surface area contributed by atoms with Crippen molar-refractivity contribution < 1.29 is 0 Å². The highest BCUT2D eigenvalue weighted by Gasteiger charge is 2.07. The van der Waals surface area contributed by atoms with Crippen molar-refractivity contribution in [3.8, 4) is 0 Å². The summed E-state index contributed by atoms with van der Waals surface area (Å²) in [5.41, 5.74) is 0. The van der Waals surface area contributed by atoms with Gasteiger partial charge in [0.25, 0.3) is 0 Å². The maximum absolute atomic E-state index is 4.38. The van der Waals surface area contributed by atoms with Crippen LogP contribution in [-0.2, 0) is 0 Å². The summed E-state index contributed by atoms with van der Waals surface area (Å²) in [7, 11) is 4.04. The van der Waals surface area contributed by atoms with Gasteiger partial charge in [0.05, 0.1) is 0 Å². The second kappa shape index (κ2) is 5.66. The van der Waals surface area contributed by atoms with E-state index in [2.05, 4.69) is 34.2 Å². The summed E-state index contributed by atoms with van der Waals surface area (Å²) in [6.07, 6.45) is 1.80. The third kappa shape index (κ3) is 3.83. The molecule has 0 aliphatic carbocycles. The molecule has 1 heterocycles. The molecule has 0 saturated heterocycles. The van der Waals surface area contributed by atoms with Gasteiger partial charge in [-0.05, 0) is 32.5 Å². The number of hydrogen-bond acceptors (Lipinski definition) is 4. The summed E-state index contributed by atoms with van der Waals surface area (Å²) in [4.78, 5) is 10.6. The van der Waals surface area contributed by atoms with E-state index >= 15 is 0 Å². The molecule has 0 spiro atoms. The van der Waals surface area contributed by atoms with E-state index in [1.54, 1.807) is 6.20 Å². The van der Waals surface area contributed by atoms with Gasteiger partial charge in [-0.2, -0.15) is 0 Å². The number of anilines is 1. The first kappa shape index (κ1) is 11.9. The third-order valence-corrected chi connectivity index (χ3v) is 2.29. The number of rotatable bonds is 5. The molecule has 0 bridgehead atoms. The first-order valence-electron chi connectivity index (χ1n) is 5.29. The molecule has 0 aliphatic heterocycles. The van der Waals surface area contributed by atoms with Crippen LogP contribution < -0.4 is 10.2 Å². The summed E-state index contributed by atoms with van der Waals surface area (Å²) in [6, 6.07) is 1.94. The van der Waals surface area contributed by atoms with Crippen LogP contribution in [-0.4, -0.2) is 37.2 Å². The monoisotopic (exact) mass is 208 g/mol. The largest absolute Gasteiger partial charge is 0.359 e. The highest BCUT2D eigenvalue weighted by atomic mass is 15.2. The molecule has 1 aromatic rings. The number of aromatic nitrogens is 2. The Hall–Kier alpha value is -1.16. The smallest absolute Gasteiger partial charge is 0.131 e. The molecular formula is C11H20N4. The molecule has 1 rings (SSSR count). The van der Waals surface area contributed by atoms with Crippen molar-refractivity contribution in [2.45, 2.75) is 13.8 Å². The van der Waals surface area contributed by atoms with Gasteiger partial charge in [0.1, 0.15) is 11.6 Å². The molecule has 4 nitrogen and oxygen atoms in total. The van der Waals surface area contributed by atoms with Crippen LogP contribution in [0.2, 0.25) is 0 Å². The lowest BCUT2D eigenvalue weighted by Crippen LogP contribution is -2.30. The number of hydrogen-bond donors (Lipinski definition) is 1. The normalized spacial score (nSPS) is 12.5. The molecule has 1 N–H and O–H groups in total. The average Bonchev–Trinajstić information content (AvgIpc) is 2.18. The quantitative estimate of drug-likeness (QED) is 0.786. The van der Waals surface area contributed by atoms with E-state index in [9.17, 15) is 0 Å². The van der Waals surface area contributed by atoms with Crippen LogP contribution in [0.15, 0.2) is 12.3 Å². The van der Waals surface area contributed by atoms with Crippen LogP contribution >= 0.6 is 0 Å². The van der Waals surface area contributed by atoms with E-state index in [4.69, 9.17) is 0 Å². The van der Waals surface area contributed by atoms with Gasteiger partial charge in [0.2, 0.25) is 0 Å². The number of nitrogens with one attached hydrogen (secondary N) is 1. The maximum atomic E-state index is 4.38. The summed E-state index contributed by atoms with van der Waals surface area (Å²) in [5, 5.41) is 3.18. The number of nitrogens with zero attached hydrogens (tertiary/aromatic N) is 3. The van der Waals surface area contributed by atoms with Crippen LogP contribution in [0.3, 0.4) is 0 Å². The fraction of sp³-hybridized carbons (Fsp3) is 0.636. The second-order valence-corrected chi connectivity index (χ2v) is 4.01. The Balaban J connectivity index is 2.56. The lowest BCUT2D eigenvalue weighted by Gasteiger charge is -2.22. The van der Waals surface area contributed by atoms with Crippen molar-refractivity contribution in [3.05, 3.63) is 18.1 Å². The highest BCUT2D eigenvalue weighted by molar-refractivity contribution is 5.35. The fourth-order valence-corrected chi connectivity index (χ4v) is 1.63. The minimum atomic E-state index is 0.607. The lowest BCUT2D eigenvalue weighted by atomic mass is 10.1. The van der Waals surface area contributed by atoms with E-state index in [1.807, 2.05) is 20.0 Å². The van der Waals surface area contributed by atoms with Crippen LogP contribution in [0.4, 0.5) is 5.82 Å². The molecule has 0 radical (unpaired) electrons. The topological polar surface area (TPSA) is 41.0 Å². The summed E-state index contributed by atoms with van der Waals surface area (Å²) in [5.74, 6) is 2.42. The minimum Gasteiger partial charge on any atom is -0.359 e. The van der Waals surface area contributed by atoms with E-state index < -0.39 is 0 Å². The van der Waals surface area contributed by atoms with Gasteiger partial charge in [-0.15, -0.1) is 0 Å². The molecule has 4 heteroatoms. The van der Waals surface area contributed by atoms with Crippen LogP contribution in [0, 0.1) is 12.8 Å². The van der Waals surface area contributed by atoms with Crippen molar-refractivity contribution >= 4 is 5.82 Å². The lowest BCUT2D eigenvalue weighted by molar-refractivity contribution is 0.540. The van der Waals surface area contributed by atoms with Crippen LogP contribution in [0.25, 0.3) is 0 Å². The molecule has 0 aliphatic rings. The summed E-state index contributed by atoms with van der Waals surface area (Å²) in [6.45, 7) is 6.15. The average molecular weight is 208 g/mol. The van der Waals surface area contributed by atoms with Crippen molar-refractivity contribution in [1.82, 2.24) is 15.3 Å². The summed E-state index contributed by atoms with van der Waals surface area (Å²) >= 11 is 0. The van der Waals surface area contributed by atoms with Crippen LogP contribution in [0.1, 0.15) is 12.7 Å². The van der Waals surface area contributed by atoms with E-state index in [-0.39, 0.29) is 0 Å². The Kier molecular flexibility index (Phi) is 4.49. The van der Waals surface area contributed by atoms with Gasteiger partial charge >= 0.3 is 0 Å². The molecule has 0 amide bonds. The predicted molar refractivity (Wildman–Crippen MR) is 63.1 cm³/mol. The summed E-state index contributed by atoms with van der Waals surface area (Å²) < 4.78 is 0. The zero-order chi connectivity index (χ0) is 11.3. The zero-order valence-electron chi connectivity index (χ0n) is 9.99. The van der Waals surface area contributed by atoms with Gasteiger partial charge in [0.15, 0.2) is 0 Å². The minimum absolute atomic E-state index is 0.607. The molecule has 0 aromatic carbocycles.